The van der Waals surface area contributed by atoms with Crippen LogP contribution in [-0.4, -0.2) is 22.4 Å². The third kappa shape index (κ3) is 1.94. The van der Waals surface area contributed by atoms with E-state index in [2.05, 4.69) is 19.2 Å². The molecule has 0 aliphatic carbocycles. The highest BCUT2D eigenvalue weighted by molar-refractivity contribution is 8.02. The van der Waals surface area contributed by atoms with E-state index in [1.807, 2.05) is 25.6 Å². The highest BCUT2D eigenvalue weighted by atomic mass is 32.2. The van der Waals surface area contributed by atoms with Crippen molar-refractivity contribution in [1.29, 1.82) is 0 Å². The lowest BCUT2D eigenvalue weighted by molar-refractivity contribution is -0.124. The van der Waals surface area contributed by atoms with E-state index in [1.54, 1.807) is 0 Å². The molecule has 1 unspecified atom stereocenters. The van der Waals surface area contributed by atoms with Gasteiger partial charge in [-0.15, -0.1) is 0 Å². The Hall–Kier alpha value is -0.180. The predicted octanol–water partition coefficient (Wildman–Crippen LogP) is 1.65. The van der Waals surface area contributed by atoms with Crippen molar-refractivity contribution >= 4 is 17.7 Å². The van der Waals surface area contributed by atoms with Gasteiger partial charge in [0.1, 0.15) is 0 Å². The van der Waals surface area contributed by atoms with Crippen LogP contribution >= 0.6 is 11.8 Å². The summed E-state index contributed by atoms with van der Waals surface area (Å²) in [7, 11) is 0. The highest BCUT2D eigenvalue weighted by Gasteiger charge is 2.40. The number of nitrogens with one attached hydrogen (secondary N) is 1. The van der Waals surface area contributed by atoms with Gasteiger partial charge in [-0.3, -0.25) is 4.79 Å². The molecule has 3 heteroatoms. The Kier molecular flexibility index (Phi) is 2.71. The smallest absolute Gasteiger partial charge is 0.222 e. The van der Waals surface area contributed by atoms with E-state index in [0.717, 1.165) is 5.75 Å². The van der Waals surface area contributed by atoms with Gasteiger partial charge in [0, 0.05) is 16.4 Å². The van der Waals surface area contributed by atoms with Gasteiger partial charge in [-0.1, -0.05) is 13.8 Å². The molecule has 1 saturated heterocycles. The highest BCUT2D eigenvalue weighted by Crippen LogP contribution is 2.39. The normalized spacial score (nSPS) is 26.6. The zero-order chi connectivity index (χ0) is 9.35. The quantitative estimate of drug-likeness (QED) is 0.712. The van der Waals surface area contributed by atoms with Crippen molar-refractivity contribution in [3.05, 3.63) is 0 Å². The molecule has 1 heterocycles. The first-order valence-electron chi connectivity index (χ1n) is 4.38. The summed E-state index contributed by atoms with van der Waals surface area (Å²) in [4.78, 5) is 11.3. The number of carbonyl (C=O) groups is 1. The van der Waals surface area contributed by atoms with E-state index >= 15 is 0 Å². The molecule has 1 amide bonds. The lowest BCUT2D eigenvalue weighted by Crippen LogP contribution is -2.57. The van der Waals surface area contributed by atoms with Crippen LogP contribution in [0.25, 0.3) is 0 Å². The fourth-order valence-electron chi connectivity index (χ4n) is 1.05. The van der Waals surface area contributed by atoms with Gasteiger partial charge >= 0.3 is 0 Å². The maximum Gasteiger partial charge on any atom is 0.222 e. The molecule has 0 aromatic rings. The van der Waals surface area contributed by atoms with Gasteiger partial charge < -0.3 is 5.32 Å². The third-order valence-corrected chi connectivity index (χ3v) is 3.83. The lowest BCUT2D eigenvalue weighted by atomic mass is 10.0. The van der Waals surface area contributed by atoms with Gasteiger partial charge in [0.2, 0.25) is 5.91 Å². The van der Waals surface area contributed by atoms with Crippen LogP contribution in [0.5, 0.6) is 0 Å². The molecular formula is C9H17NOS. The number of hydrogen-bond acceptors (Lipinski definition) is 2. The van der Waals surface area contributed by atoms with Gasteiger partial charge in [-0.05, 0) is 13.8 Å². The van der Waals surface area contributed by atoms with Crippen LogP contribution in [-0.2, 0) is 4.79 Å². The predicted molar refractivity (Wildman–Crippen MR) is 53.3 cm³/mol. The maximum atomic E-state index is 11.3. The minimum atomic E-state index is 0.103. The third-order valence-electron chi connectivity index (χ3n) is 2.30. The molecule has 1 aliphatic heterocycles. The van der Waals surface area contributed by atoms with Crippen LogP contribution in [0.1, 0.15) is 27.7 Å². The van der Waals surface area contributed by atoms with Gasteiger partial charge in [0.05, 0.1) is 6.04 Å². The second-order valence-corrected chi connectivity index (χ2v) is 5.80. The van der Waals surface area contributed by atoms with Crippen molar-refractivity contribution in [3.8, 4) is 0 Å². The van der Waals surface area contributed by atoms with Crippen LogP contribution in [0, 0.1) is 5.92 Å². The first-order chi connectivity index (χ1) is 5.43. The molecule has 0 aromatic heterocycles. The SMILES string of the molecule is CC(C)C(=O)NC1CSC1(C)C. The topological polar surface area (TPSA) is 29.1 Å². The van der Waals surface area contributed by atoms with Crippen LogP contribution in [0.15, 0.2) is 0 Å². The van der Waals surface area contributed by atoms with Gasteiger partial charge in [-0.25, -0.2) is 0 Å². The lowest BCUT2D eigenvalue weighted by Gasteiger charge is -2.44. The number of carbonyl (C=O) groups excluding carboxylic acids is 1. The fraction of sp³-hybridized carbons (Fsp3) is 0.889. The molecule has 0 radical (unpaired) electrons. The molecule has 2 nitrogen and oxygen atoms in total. The fourth-order valence-corrected chi connectivity index (χ4v) is 2.20. The number of hydrogen-bond donors (Lipinski definition) is 1. The zero-order valence-electron chi connectivity index (χ0n) is 8.18. The Morgan fingerprint density at radius 2 is 2.17 bits per heavy atom. The summed E-state index contributed by atoms with van der Waals surface area (Å²) in [5.41, 5.74) is 0. The van der Waals surface area contributed by atoms with Crippen molar-refractivity contribution in [1.82, 2.24) is 5.32 Å². The van der Waals surface area contributed by atoms with Crippen LogP contribution < -0.4 is 5.32 Å². The van der Waals surface area contributed by atoms with Crippen LogP contribution in [0.2, 0.25) is 0 Å². The summed E-state index contributed by atoms with van der Waals surface area (Å²) in [5, 5.41) is 3.05. The van der Waals surface area contributed by atoms with Gasteiger partial charge in [0.15, 0.2) is 0 Å². The van der Waals surface area contributed by atoms with E-state index in [-0.39, 0.29) is 16.6 Å². The van der Waals surface area contributed by atoms with E-state index in [4.69, 9.17) is 0 Å². The number of thioether (sulfide) groups is 1. The maximum absolute atomic E-state index is 11.3. The molecule has 0 bridgehead atoms. The Balaban J connectivity index is 2.38. The molecular weight excluding hydrogens is 170 g/mol. The molecule has 1 fully saturated rings. The van der Waals surface area contributed by atoms with Crippen molar-refractivity contribution in [2.45, 2.75) is 38.5 Å². The second kappa shape index (κ2) is 3.29. The van der Waals surface area contributed by atoms with Crippen LogP contribution in [0.4, 0.5) is 0 Å². The molecule has 0 spiro atoms. The van der Waals surface area contributed by atoms with Gasteiger partial charge in [0.25, 0.3) is 0 Å². The van der Waals surface area contributed by atoms with Crippen molar-refractivity contribution in [2.24, 2.45) is 5.92 Å². The summed E-state index contributed by atoms with van der Waals surface area (Å²) < 4.78 is 0.241. The Morgan fingerprint density at radius 1 is 1.58 bits per heavy atom. The standard InChI is InChI=1S/C9H17NOS/c1-6(2)8(11)10-7-5-12-9(7,3)4/h6-7H,5H2,1-4H3,(H,10,11). The van der Waals surface area contributed by atoms with Crippen molar-refractivity contribution < 1.29 is 4.79 Å². The minimum absolute atomic E-state index is 0.103. The van der Waals surface area contributed by atoms with E-state index < -0.39 is 0 Å². The summed E-state index contributed by atoms with van der Waals surface area (Å²) in [6.07, 6.45) is 0. The average Bonchev–Trinajstić information content (AvgIpc) is 1.97. The molecule has 0 aromatic carbocycles. The molecule has 1 aliphatic rings. The summed E-state index contributed by atoms with van der Waals surface area (Å²) in [6, 6.07) is 0.373. The largest absolute Gasteiger partial charge is 0.351 e. The minimum Gasteiger partial charge on any atom is -0.351 e. The molecule has 1 rings (SSSR count). The Labute approximate surface area is 78.5 Å². The second-order valence-electron chi connectivity index (χ2n) is 4.13. The zero-order valence-corrected chi connectivity index (χ0v) is 8.99. The molecule has 1 atom stereocenters. The molecule has 0 saturated carbocycles. The number of amides is 1. The van der Waals surface area contributed by atoms with E-state index in [0.29, 0.717) is 6.04 Å². The molecule has 70 valence electrons. The first kappa shape index (κ1) is 9.90. The Bertz CT molecular complexity index is 189. The van der Waals surface area contributed by atoms with Crippen molar-refractivity contribution in [3.63, 3.8) is 0 Å². The first-order valence-corrected chi connectivity index (χ1v) is 5.36. The van der Waals surface area contributed by atoms with Crippen LogP contribution in [0.3, 0.4) is 0 Å². The summed E-state index contributed by atoms with van der Waals surface area (Å²) in [6.45, 7) is 8.20. The van der Waals surface area contributed by atoms with E-state index in [9.17, 15) is 4.79 Å². The average molecular weight is 187 g/mol. The molecule has 12 heavy (non-hydrogen) atoms. The summed E-state index contributed by atoms with van der Waals surface area (Å²) >= 11 is 1.91. The van der Waals surface area contributed by atoms with Gasteiger partial charge in [-0.2, -0.15) is 11.8 Å². The monoisotopic (exact) mass is 187 g/mol. The molecule has 1 N–H and O–H groups in total. The number of rotatable bonds is 2. The summed E-state index contributed by atoms with van der Waals surface area (Å²) in [5.74, 6) is 1.34. The Morgan fingerprint density at radius 3 is 2.42 bits per heavy atom. The van der Waals surface area contributed by atoms with E-state index in [1.165, 1.54) is 0 Å². The van der Waals surface area contributed by atoms with Crippen molar-refractivity contribution in [2.75, 3.05) is 5.75 Å².